The molecule has 2 aromatic rings. The predicted molar refractivity (Wildman–Crippen MR) is 147 cm³/mol. The Morgan fingerprint density at radius 1 is 1.16 bits per heavy atom. The fraction of sp³-hybridized carbons (Fsp3) is 0.483. The van der Waals surface area contributed by atoms with Crippen molar-refractivity contribution in [1.82, 2.24) is 14.8 Å². The number of benzene rings is 1. The van der Waals surface area contributed by atoms with Gasteiger partial charge in [0.2, 0.25) is 5.91 Å². The van der Waals surface area contributed by atoms with E-state index in [1.165, 1.54) is 0 Å². The van der Waals surface area contributed by atoms with Gasteiger partial charge in [0.15, 0.2) is 0 Å². The molecule has 0 radical (unpaired) electrons. The number of esters is 1. The fourth-order valence-electron chi connectivity index (χ4n) is 4.88. The molecular weight excluding hydrogens is 486 g/mol. The number of carbonyl (C=O) groups is 2. The van der Waals surface area contributed by atoms with Gasteiger partial charge in [0.05, 0.1) is 16.8 Å². The Kier molecular flexibility index (Phi) is 9.91. The molecule has 8 heteroatoms. The largest absolute Gasteiger partial charge is 0.466 e. The third-order valence-electron chi connectivity index (χ3n) is 6.91. The number of likely N-dealkylation sites (tertiary alicyclic amines) is 1. The second-order valence-electron chi connectivity index (χ2n) is 9.50. The lowest BCUT2D eigenvalue weighted by atomic mass is 9.99. The van der Waals surface area contributed by atoms with Gasteiger partial charge in [-0.05, 0) is 75.9 Å². The monoisotopic (exact) mass is 523 g/mol. The molecular formula is C29H37N3O4S. The van der Waals surface area contributed by atoms with Crippen molar-refractivity contribution in [2.75, 3.05) is 32.8 Å². The van der Waals surface area contributed by atoms with Crippen molar-refractivity contribution >= 4 is 33.4 Å². The second kappa shape index (κ2) is 13.5. The van der Waals surface area contributed by atoms with E-state index in [0.29, 0.717) is 24.3 Å². The summed E-state index contributed by atoms with van der Waals surface area (Å²) in [6.45, 7) is 7.29. The minimum atomic E-state index is -0.129. The molecule has 1 aromatic carbocycles. The van der Waals surface area contributed by atoms with E-state index in [1.807, 2.05) is 42.2 Å². The fourth-order valence-corrected chi connectivity index (χ4v) is 5.72. The Morgan fingerprint density at radius 3 is 2.73 bits per heavy atom. The molecule has 1 unspecified atom stereocenters. The summed E-state index contributed by atoms with van der Waals surface area (Å²) in [6.07, 6.45) is 14.6. The summed E-state index contributed by atoms with van der Waals surface area (Å²) in [5.74, 6) is 1.09. The van der Waals surface area contributed by atoms with E-state index in [0.717, 1.165) is 67.8 Å². The maximum atomic E-state index is 11.9. The number of aromatic nitrogens is 1. The van der Waals surface area contributed by atoms with Crippen LogP contribution in [0.5, 0.6) is 5.19 Å². The summed E-state index contributed by atoms with van der Waals surface area (Å²) in [6, 6.07) is 8.46. The van der Waals surface area contributed by atoms with Crippen molar-refractivity contribution in [3.63, 3.8) is 0 Å². The Balaban J connectivity index is 1.31. The van der Waals surface area contributed by atoms with Crippen LogP contribution in [0.15, 0.2) is 60.4 Å². The molecule has 0 N–H and O–H groups in total. The maximum absolute atomic E-state index is 11.9. The molecule has 1 aliphatic carbocycles. The normalized spacial score (nSPS) is 18.2. The van der Waals surface area contributed by atoms with Crippen molar-refractivity contribution in [3.05, 3.63) is 60.4 Å². The number of piperidine rings is 1. The summed E-state index contributed by atoms with van der Waals surface area (Å²) in [4.78, 5) is 32.6. The number of allylic oxidation sites excluding steroid dienone is 5. The van der Waals surface area contributed by atoms with Gasteiger partial charge in [-0.15, -0.1) is 0 Å². The second-order valence-corrected chi connectivity index (χ2v) is 10.5. The van der Waals surface area contributed by atoms with Crippen LogP contribution in [0.4, 0.5) is 0 Å². The summed E-state index contributed by atoms with van der Waals surface area (Å²) in [5, 5.41) is 0.647. The highest BCUT2D eigenvalue weighted by Gasteiger charge is 2.26. The lowest BCUT2D eigenvalue weighted by Gasteiger charge is -2.38. The minimum Gasteiger partial charge on any atom is -0.466 e. The zero-order chi connectivity index (χ0) is 26.0. The number of thiazole rings is 1. The molecule has 2 heterocycles. The summed E-state index contributed by atoms with van der Waals surface area (Å²) in [5.41, 5.74) is 0.950. The van der Waals surface area contributed by atoms with Crippen LogP contribution in [0.2, 0.25) is 0 Å². The molecule has 1 fully saturated rings. The Labute approximate surface area is 223 Å². The molecule has 0 spiro atoms. The highest BCUT2D eigenvalue weighted by atomic mass is 32.1. The molecule has 2 aliphatic rings. The number of hydrogen-bond donors (Lipinski definition) is 0. The molecule has 1 atom stereocenters. The van der Waals surface area contributed by atoms with Gasteiger partial charge in [-0.1, -0.05) is 41.7 Å². The first-order valence-corrected chi connectivity index (χ1v) is 14.1. The number of para-hydroxylation sites is 1. The van der Waals surface area contributed by atoms with Crippen LogP contribution in [-0.2, 0) is 14.3 Å². The quantitative estimate of drug-likeness (QED) is 0.370. The van der Waals surface area contributed by atoms with Crippen molar-refractivity contribution in [3.8, 4) is 5.19 Å². The first kappa shape index (κ1) is 27.1. The molecule has 4 rings (SSSR count). The highest BCUT2D eigenvalue weighted by Crippen LogP contribution is 2.29. The maximum Gasteiger partial charge on any atom is 0.305 e. The van der Waals surface area contributed by atoms with E-state index < -0.39 is 0 Å². The Bertz CT molecular complexity index is 1110. The topological polar surface area (TPSA) is 72.0 Å². The first-order chi connectivity index (χ1) is 18.0. The zero-order valence-corrected chi connectivity index (χ0v) is 22.6. The van der Waals surface area contributed by atoms with Crippen LogP contribution in [-0.4, -0.2) is 65.5 Å². The van der Waals surface area contributed by atoms with Crippen molar-refractivity contribution in [2.45, 2.75) is 52.0 Å². The molecule has 1 aliphatic heterocycles. The third kappa shape index (κ3) is 8.01. The van der Waals surface area contributed by atoms with Gasteiger partial charge < -0.3 is 19.3 Å². The lowest BCUT2D eigenvalue weighted by molar-refractivity contribution is -0.143. The van der Waals surface area contributed by atoms with Crippen LogP contribution >= 0.6 is 11.3 Å². The number of ether oxygens (including phenoxy) is 2. The third-order valence-corrected chi connectivity index (χ3v) is 7.83. The van der Waals surface area contributed by atoms with Crippen molar-refractivity contribution in [1.29, 1.82) is 0 Å². The highest BCUT2D eigenvalue weighted by molar-refractivity contribution is 7.20. The predicted octanol–water partition coefficient (Wildman–Crippen LogP) is 5.35. The zero-order valence-electron chi connectivity index (χ0n) is 21.8. The van der Waals surface area contributed by atoms with E-state index in [4.69, 9.17) is 9.47 Å². The van der Waals surface area contributed by atoms with Crippen LogP contribution in [0.1, 0.15) is 46.0 Å². The van der Waals surface area contributed by atoms with E-state index in [1.54, 1.807) is 18.3 Å². The van der Waals surface area contributed by atoms with Crippen molar-refractivity contribution in [2.24, 2.45) is 5.92 Å². The van der Waals surface area contributed by atoms with E-state index in [-0.39, 0.29) is 17.8 Å². The molecule has 198 valence electrons. The number of nitrogens with zero attached hydrogens (tertiary/aromatic N) is 3. The van der Waals surface area contributed by atoms with Gasteiger partial charge in [-0.3, -0.25) is 9.59 Å². The van der Waals surface area contributed by atoms with Gasteiger partial charge >= 0.3 is 5.97 Å². The average Bonchev–Trinajstić information content (AvgIpc) is 3.17. The van der Waals surface area contributed by atoms with Crippen LogP contribution < -0.4 is 4.74 Å². The summed E-state index contributed by atoms with van der Waals surface area (Å²) in [7, 11) is 0. The molecule has 0 saturated carbocycles. The summed E-state index contributed by atoms with van der Waals surface area (Å²) >= 11 is 1.55. The summed E-state index contributed by atoms with van der Waals surface area (Å²) < 4.78 is 12.3. The average molecular weight is 524 g/mol. The molecule has 7 nitrogen and oxygen atoms in total. The van der Waals surface area contributed by atoms with Crippen LogP contribution in [0.25, 0.3) is 10.2 Å². The standard InChI is InChI=1S/C29H37N3O4S/c1-3-35-28(34)12-7-18-32(24-16-20-31(21-17-24)22(2)33)19-15-23-8-6-9-25(14-13-23)36-29-30-26-10-4-5-11-27(26)37-29/h4-6,8-11,13-14,23-24H,3,7,12,15-21H2,1-2H3. The Morgan fingerprint density at radius 2 is 1.97 bits per heavy atom. The smallest absolute Gasteiger partial charge is 0.305 e. The van der Waals surface area contributed by atoms with Crippen LogP contribution in [0, 0.1) is 5.92 Å². The molecule has 1 saturated heterocycles. The number of hydrogen-bond acceptors (Lipinski definition) is 7. The van der Waals surface area contributed by atoms with Gasteiger partial charge in [-0.2, -0.15) is 0 Å². The van der Waals surface area contributed by atoms with Gasteiger partial charge in [0, 0.05) is 32.5 Å². The number of rotatable bonds is 11. The minimum absolute atomic E-state index is 0.129. The number of carbonyl (C=O) groups excluding carboxylic acids is 2. The molecule has 0 bridgehead atoms. The lowest BCUT2D eigenvalue weighted by Crippen LogP contribution is -2.47. The number of fused-ring (bicyclic) bond motifs is 1. The van der Waals surface area contributed by atoms with E-state index >= 15 is 0 Å². The van der Waals surface area contributed by atoms with Gasteiger partial charge in [0.25, 0.3) is 5.19 Å². The molecule has 1 amide bonds. The van der Waals surface area contributed by atoms with Gasteiger partial charge in [-0.25, -0.2) is 4.98 Å². The molecule has 37 heavy (non-hydrogen) atoms. The van der Waals surface area contributed by atoms with E-state index in [9.17, 15) is 9.59 Å². The van der Waals surface area contributed by atoms with Crippen molar-refractivity contribution < 1.29 is 19.1 Å². The Hall–Kier alpha value is -2.97. The SMILES string of the molecule is CCOC(=O)CCCN(CCC1C=CC=C(Oc2nc3ccccc3s2)C=C1)C1CCN(C(C)=O)CC1. The number of amides is 1. The van der Waals surface area contributed by atoms with E-state index in [2.05, 4.69) is 34.2 Å². The van der Waals surface area contributed by atoms with Gasteiger partial charge in [0.1, 0.15) is 5.76 Å². The van der Waals surface area contributed by atoms with Crippen LogP contribution in [0.3, 0.4) is 0 Å². The first-order valence-electron chi connectivity index (χ1n) is 13.3. The molecule has 1 aromatic heterocycles.